The first-order valence-electron chi connectivity index (χ1n) is 7.11. The van der Waals surface area contributed by atoms with Crippen LogP contribution in [0.1, 0.15) is 43.8 Å². The van der Waals surface area contributed by atoms with E-state index in [1.54, 1.807) is 6.92 Å². The molecule has 0 fully saturated rings. The fourth-order valence-electron chi connectivity index (χ4n) is 2.19. The minimum absolute atomic E-state index is 0.463. The zero-order valence-corrected chi connectivity index (χ0v) is 12.3. The van der Waals surface area contributed by atoms with Gasteiger partial charge in [0.05, 0.1) is 17.5 Å². The van der Waals surface area contributed by atoms with Crippen molar-refractivity contribution in [2.24, 2.45) is 0 Å². The molecule has 0 unspecified atom stereocenters. The molecule has 0 aliphatic carbocycles. The van der Waals surface area contributed by atoms with Gasteiger partial charge >= 0.3 is 0 Å². The van der Waals surface area contributed by atoms with Crippen LogP contribution in [0.3, 0.4) is 0 Å². The van der Waals surface area contributed by atoms with Gasteiger partial charge in [0.15, 0.2) is 0 Å². The van der Waals surface area contributed by atoms with E-state index in [-0.39, 0.29) is 0 Å². The second kappa shape index (κ2) is 6.57. The number of aryl methyl sites for hydroxylation is 2. The SMILES string of the molecule is CCc1cc(COc2ccccc2[C@@H](C)O)n(CC)n1. The van der Waals surface area contributed by atoms with Crippen LogP contribution < -0.4 is 4.74 Å². The molecule has 1 aromatic carbocycles. The average molecular weight is 274 g/mol. The van der Waals surface area contributed by atoms with Crippen molar-refractivity contribution in [1.29, 1.82) is 0 Å². The van der Waals surface area contributed by atoms with Gasteiger partial charge in [-0.25, -0.2) is 0 Å². The van der Waals surface area contributed by atoms with Crippen molar-refractivity contribution in [3.8, 4) is 5.75 Å². The van der Waals surface area contributed by atoms with Crippen LogP contribution in [-0.2, 0) is 19.6 Å². The molecule has 1 heterocycles. The Morgan fingerprint density at radius 3 is 2.70 bits per heavy atom. The van der Waals surface area contributed by atoms with E-state index >= 15 is 0 Å². The molecule has 0 amide bonds. The molecule has 4 heteroatoms. The van der Waals surface area contributed by atoms with Crippen LogP contribution in [0.15, 0.2) is 30.3 Å². The van der Waals surface area contributed by atoms with E-state index in [2.05, 4.69) is 25.0 Å². The Morgan fingerprint density at radius 2 is 2.05 bits per heavy atom. The second-order valence-electron chi connectivity index (χ2n) is 4.80. The third-order valence-electron chi connectivity index (χ3n) is 3.32. The molecule has 2 rings (SSSR count). The summed E-state index contributed by atoms with van der Waals surface area (Å²) in [6.07, 6.45) is 0.387. The van der Waals surface area contributed by atoms with Gasteiger partial charge in [-0.2, -0.15) is 5.10 Å². The zero-order valence-electron chi connectivity index (χ0n) is 12.3. The molecule has 0 saturated carbocycles. The topological polar surface area (TPSA) is 47.3 Å². The lowest BCUT2D eigenvalue weighted by atomic mass is 10.1. The van der Waals surface area contributed by atoms with E-state index in [4.69, 9.17) is 4.74 Å². The Bertz CT molecular complexity index is 561. The summed E-state index contributed by atoms with van der Waals surface area (Å²) in [6, 6.07) is 9.66. The van der Waals surface area contributed by atoms with E-state index in [1.165, 1.54) is 0 Å². The fourth-order valence-corrected chi connectivity index (χ4v) is 2.19. The third-order valence-corrected chi connectivity index (χ3v) is 3.32. The summed E-state index contributed by atoms with van der Waals surface area (Å²) in [7, 11) is 0. The molecule has 1 atom stereocenters. The van der Waals surface area contributed by atoms with Crippen LogP contribution in [0.25, 0.3) is 0 Å². The molecule has 0 radical (unpaired) electrons. The molecule has 1 aromatic heterocycles. The third kappa shape index (κ3) is 3.20. The molecule has 20 heavy (non-hydrogen) atoms. The number of hydrogen-bond acceptors (Lipinski definition) is 3. The van der Waals surface area contributed by atoms with Gasteiger partial charge in [-0.1, -0.05) is 25.1 Å². The molecular formula is C16H22N2O2. The van der Waals surface area contributed by atoms with Gasteiger partial charge in [0.25, 0.3) is 0 Å². The number of para-hydroxylation sites is 1. The number of rotatable bonds is 6. The van der Waals surface area contributed by atoms with E-state index in [0.717, 1.165) is 35.7 Å². The number of nitrogens with zero attached hydrogens (tertiary/aromatic N) is 2. The molecule has 0 aliphatic rings. The number of ether oxygens (including phenoxy) is 1. The van der Waals surface area contributed by atoms with Crippen LogP contribution in [0, 0.1) is 0 Å². The van der Waals surface area contributed by atoms with Gasteiger partial charge in [-0.3, -0.25) is 4.68 Å². The van der Waals surface area contributed by atoms with E-state index in [9.17, 15) is 5.11 Å². The highest BCUT2D eigenvalue weighted by molar-refractivity contribution is 5.34. The van der Waals surface area contributed by atoms with Gasteiger partial charge in [0.2, 0.25) is 0 Å². The minimum atomic E-state index is -0.534. The zero-order chi connectivity index (χ0) is 14.5. The van der Waals surface area contributed by atoms with Crippen molar-refractivity contribution in [1.82, 2.24) is 9.78 Å². The smallest absolute Gasteiger partial charge is 0.130 e. The average Bonchev–Trinajstić information content (AvgIpc) is 2.87. The number of aromatic nitrogens is 2. The Morgan fingerprint density at radius 1 is 1.30 bits per heavy atom. The van der Waals surface area contributed by atoms with Crippen LogP contribution in [0.5, 0.6) is 5.75 Å². The maximum absolute atomic E-state index is 9.75. The number of benzene rings is 1. The maximum Gasteiger partial charge on any atom is 0.130 e. The quantitative estimate of drug-likeness (QED) is 0.880. The first-order chi connectivity index (χ1) is 9.65. The summed E-state index contributed by atoms with van der Waals surface area (Å²) >= 11 is 0. The second-order valence-corrected chi connectivity index (χ2v) is 4.80. The molecule has 0 saturated heterocycles. The highest BCUT2D eigenvalue weighted by Crippen LogP contribution is 2.25. The van der Waals surface area contributed by atoms with Crippen LogP contribution >= 0.6 is 0 Å². The van der Waals surface area contributed by atoms with Crippen molar-refractivity contribution < 1.29 is 9.84 Å². The highest BCUT2D eigenvalue weighted by Gasteiger charge is 2.10. The summed E-state index contributed by atoms with van der Waals surface area (Å²) < 4.78 is 7.83. The fraction of sp³-hybridized carbons (Fsp3) is 0.438. The number of hydrogen-bond donors (Lipinski definition) is 1. The standard InChI is InChI=1S/C16H22N2O2/c1-4-13-10-14(18(5-2)17-13)11-20-16-9-7-6-8-15(16)12(3)19/h6-10,12,19H,4-5,11H2,1-3H3/t12-/m1/s1. The largest absolute Gasteiger partial charge is 0.487 e. The molecule has 1 N–H and O–H groups in total. The molecule has 4 nitrogen and oxygen atoms in total. The Balaban J connectivity index is 2.14. The number of aliphatic hydroxyl groups is 1. The Labute approximate surface area is 120 Å². The maximum atomic E-state index is 9.75. The van der Waals surface area contributed by atoms with Crippen molar-refractivity contribution in [3.05, 3.63) is 47.3 Å². The predicted molar refractivity (Wildman–Crippen MR) is 78.7 cm³/mol. The summed E-state index contributed by atoms with van der Waals surface area (Å²) in [5.74, 6) is 0.726. The first-order valence-corrected chi connectivity index (χ1v) is 7.11. The Hall–Kier alpha value is -1.81. The first kappa shape index (κ1) is 14.6. The van der Waals surface area contributed by atoms with Crippen molar-refractivity contribution >= 4 is 0 Å². The van der Waals surface area contributed by atoms with Crippen molar-refractivity contribution in [2.75, 3.05) is 0 Å². The summed E-state index contributed by atoms with van der Waals surface area (Å²) in [5, 5.41) is 14.3. The van der Waals surface area contributed by atoms with Gasteiger partial charge in [-0.05, 0) is 32.4 Å². The van der Waals surface area contributed by atoms with Gasteiger partial charge in [0.1, 0.15) is 12.4 Å². The van der Waals surface area contributed by atoms with Crippen LogP contribution in [0.4, 0.5) is 0 Å². The van der Waals surface area contributed by atoms with Gasteiger partial charge in [-0.15, -0.1) is 0 Å². The van der Waals surface area contributed by atoms with Gasteiger partial charge < -0.3 is 9.84 Å². The summed E-state index contributed by atoms with van der Waals surface area (Å²) in [5.41, 5.74) is 2.95. The normalized spacial score (nSPS) is 12.4. The van der Waals surface area contributed by atoms with Gasteiger partial charge in [0, 0.05) is 12.1 Å². The predicted octanol–water partition coefficient (Wildman–Crippen LogP) is 3.10. The van der Waals surface area contributed by atoms with Crippen molar-refractivity contribution in [2.45, 2.75) is 46.4 Å². The van der Waals surface area contributed by atoms with E-state index < -0.39 is 6.10 Å². The lowest BCUT2D eigenvalue weighted by Crippen LogP contribution is -2.07. The van der Waals surface area contributed by atoms with E-state index in [1.807, 2.05) is 28.9 Å². The van der Waals surface area contributed by atoms with Crippen molar-refractivity contribution in [3.63, 3.8) is 0 Å². The molecular weight excluding hydrogens is 252 g/mol. The molecule has 108 valence electrons. The summed E-state index contributed by atoms with van der Waals surface area (Å²) in [4.78, 5) is 0. The lowest BCUT2D eigenvalue weighted by Gasteiger charge is -2.13. The molecule has 0 spiro atoms. The lowest BCUT2D eigenvalue weighted by molar-refractivity contribution is 0.189. The molecule has 0 bridgehead atoms. The molecule has 0 aliphatic heterocycles. The summed E-state index contributed by atoms with van der Waals surface area (Å²) in [6.45, 7) is 7.20. The number of aliphatic hydroxyl groups excluding tert-OH is 1. The van der Waals surface area contributed by atoms with Crippen LogP contribution in [0.2, 0.25) is 0 Å². The van der Waals surface area contributed by atoms with E-state index in [0.29, 0.717) is 6.61 Å². The Kier molecular flexibility index (Phi) is 4.79. The minimum Gasteiger partial charge on any atom is -0.487 e. The molecule has 2 aromatic rings. The highest BCUT2D eigenvalue weighted by atomic mass is 16.5. The van der Waals surface area contributed by atoms with Crippen LogP contribution in [-0.4, -0.2) is 14.9 Å². The monoisotopic (exact) mass is 274 g/mol.